The Morgan fingerprint density at radius 2 is 1.71 bits per heavy atom. The Bertz CT molecular complexity index is 1170. The predicted molar refractivity (Wildman–Crippen MR) is 120 cm³/mol. The molecule has 7 nitrogen and oxygen atoms in total. The summed E-state index contributed by atoms with van der Waals surface area (Å²) in [6, 6.07) is 19.2. The summed E-state index contributed by atoms with van der Waals surface area (Å²) < 4.78 is 0. The number of benzene rings is 3. The van der Waals surface area contributed by atoms with Crippen LogP contribution in [0.4, 0.5) is 11.4 Å². The van der Waals surface area contributed by atoms with Crippen LogP contribution in [0.25, 0.3) is 6.08 Å². The maximum atomic E-state index is 12.9. The quantitative estimate of drug-likeness (QED) is 0.324. The molecule has 0 aromatic heterocycles. The van der Waals surface area contributed by atoms with Crippen molar-refractivity contribution in [3.63, 3.8) is 0 Å². The number of anilines is 1. The zero-order valence-electron chi connectivity index (χ0n) is 16.5. The molecule has 8 heteroatoms. The number of halogens is 1. The molecule has 0 aliphatic heterocycles. The van der Waals surface area contributed by atoms with E-state index in [1.54, 1.807) is 36.4 Å². The van der Waals surface area contributed by atoms with Gasteiger partial charge in [-0.25, -0.2) is 0 Å². The fourth-order valence-corrected chi connectivity index (χ4v) is 2.90. The average molecular weight is 436 g/mol. The summed E-state index contributed by atoms with van der Waals surface area (Å²) in [5.41, 5.74) is 2.01. The van der Waals surface area contributed by atoms with Crippen molar-refractivity contribution in [3.05, 3.63) is 110 Å². The molecule has 3 aromatic rings. The van der Waals surface area contributed by atoms with E-state index in [1.807, 2.05) is 19.1 Å². The molecular weight excluding hydrogens is 418 g/mol. The number of rotatable bonds is 6. The third kappa shape index (κ3) is 6.01. The first-order valence-electron chi connectivity index (χ1n) is 9.23. The molecule has 0 spiro atoms. The Kier molecular flexibility index (Phi) is 6.79. The van der Waals surface area contributed by atoms with Gasteiger partial charge in [-0.1, -0.05) is 47.5 Å². The number of aryl methyl sites for hydroxylation is 1. The molecule has 31 heavy (non-hydrogen) atoms. The molecule has 3 rings (SSSR count). The minimum atomic E-state index is -0.578. The smallest absolute Gasteiger partial charge is 0.272 e. The lowest BCUT2D eigenvalue weighted by Crippen LogP contribution is -2.30. The zero-order valence-corrected chi connectivity index (χ0v) is 17.2. The van der Waals surface area contributed by atoms with Crippen LogP contribution < -0.4 is 10.6 Å². The van der Waals surface area contributed by atoms with E-state index in [9.17, 15) is 19.7 Å². The van der Waals surface area contributed by atoms with Crippen LogP contribution in [-0.2, 0) is 4.79 Å². The van der Waals surface area contributed by atoms with E-state index in [4.69, 9.17) is 11.6 Å². The third-order valence-electron chi connectivity index (χ3n) is 4.28. The molecule has 0 aliphatic carbocycles. The Hall–Kier alpha value is -3.97. The first-order chi connectivity index (χ1) is 14.8. The highest BCUT2D eigenvalue weighted by molar-refractivity contribution is 6.31. The van der Waals surface area contributed by atoms with Gasteiger partial charge < -0.3 is 10.6 Å². The molecule has 0 aliphatic rings. The number of nitrogens with one attached hydrogen (secondary N) is 2. The second-order valence-electron chi connectivity index (χ2n) is 6.69. The Labute approximate surface area is 183 Å². The molecule has 2 amide bonds. The van der Waals surface area contributed by atoms with E-state index in [0.717, 1.165) is 5.56 Å². The highest BCUT2D eigenvalue weighted by Crippen LogP contribution is 2.17. The fraction of sp³-hybridized carbons (Fsp3) is 0.0435. The summed E-state index contributed by atoms with van der Waals surface area (Å²) in [4.78, 5) is 36.1. The molecule has 0 fully saturated rings. The highest BCUT2D eigenvalue weighted by atomic mass is 35.5. The normalized spacial score (nSPS) is 11.0. The second-order valence-corrected chi connectivity index (χ2v) is 7.13. The van der Waals surface area contributed by atoms with Crippen molar-refractivity contribution in [1.82, 2.24) is 5.32 Å². The maximum absolute atomic E-state index is 12.9. The van der Waals surface area contributed by atoms with Crippen molar-refractivity contribution < 1.29 is 14.5 Å². The van der Waals surface area contributed by atoms with Crippen LogP contribution in [0.1, 0.15) is 21.5 Å². The van der Waals surface area contributed by atoms with Crippen molar-refractivity contribution in [3.8, 4) is 0 Å². The second kappa shape index (κ2) is 9.69. The Morgan fingerprint density at radius 1 is 1.00 bits per heavy atom. The van der Waals surface area contributed by atoms with E-state index >= 15 is 0 Å². The number of nitro benzene ring substituents is 1. The average Bonchev–Trinajstić information content (AvgIpc) is 2.75. The number of carbonyl (C=O) groups excluding carboxylic acids is 2. The van der Waals surface area contributed by atoms with Gasteiger partial charge in [-0.15, -0.1) is 0 Å². The number of carbonyl (C=O) groups is 2. The largest absolute Gasteiger partial charge is 0.321 e. The van der Waals surface area contributed by atoms with Crippen LogP contribution in [0.2, 0.25) is 5.02 Å². The van der Waals surface area contributed by atoms with Gasteiger partial charge in [-0.3, -0.25) is 19.7 Å². The van der Waals surface area contributed by atoms with Crippen molar-refractivity contribution in [2.75, 3.05) is 5.32 Å². The van der Waals surface area contributed by atoms with Crippen molar-refractivity contribution >= 4 is 40.9 Å². The van der Waals surface area contributed by atoms with Crippen LogP contribution in [0.15, 0.2) is 78.5 Å². The zero-order chi connectivity index (χ0) is 22.4. The van der Waals surface area contributed by atoms with Gasteiger partial charge in [0.2, 0.25) is 0 Å². The number of nitro groups is 1. The lowest BCUT2D eigenvalue weighted by atomic mass is 10.1. The number of hydrogen-bond donors (Lipinski definition) is 2. The molecule has 0 saturated heterocycles. The molecule has 0 bridgehead atoms. The Morgan fingerprint density at radius 3 is 2.39 bits per heavy atom. The summed E-state index contributed by atoms with van der Waals surface area (Å²) in [6.45, 7) is 1.92. The van der Waals surface area contributed by atoms with Crippen LogP contribution in [0, 0.1) is 17.0 Å². The third-order valence-corrected chi connectivity index (χ3v) is 4.52. The number of amides is 2. The van der Waals surface area contributed by atoms with Crippen LogP contribution >= 0.6 is 11.6 Å². The van der Waals surface area contributed by atoms with E-state index in [1.165, 1.54) is 30.3 Å². The minimum Gasteiger partial charge on any atom is -0.321 e. The standard InChI is InChI=1S/C23H18ClN3O4/c1-15-8-10-19(11-9-15)25-23(29)21(13-16-4-2-7-20(12-16)27(30)31)26-22(28)17-5-3-6-18(24)14-17/h2-14H,1H3,(H,25,29)(H,26,28)/b21-13-. The monoisotopic (exact) mass is 435 g/mol. The highest BCUT2D eigenvalue weighted by Gasteiger charge is 2.16. The summed E-state index contributed by atoms with van der Waals surface area (Å²) >= 11 is 5.95. The van der Waals surface area contributed by atoms with Gasteiger partial charge in [-0.2, -0.15) is 0 Å². The first-order valence-corrected chi connectivity index (χ1v) is 9.61. The summed E-state index contributed by atoms with van der Waals surface area (Å²) in [6.07, 6.45) is 1.37. The van der Waals surface area contributed by atoms with Crippen LogP contribution in [-0.4, -0.2) is 16.7 Å². The molecule has 0 saturated carbocycles. The van der Waals surface area contributed by atoms with E-state index < -0.39 is 16.7 Å². The SMILES string of the molecule is Cc1ccc(NC(=O)/C(=C/c2cccc([N+](=O)[O-])c2)NC(=O)c2cccc(Cl)c2)cc1. The molecule has 0 atom stereocenters. The summed E-state index contributed by atoms with van der Waals surface area (Å²) in [5, 5.41) is 16.7. The summed E-state index contributed by atoms with van der Waals surface area (Å²) in [7, 11) is 0. The molecular formula is C23H18ClN3O4. The van der Waals surface area contributed by atoms with Gasteiger partial charge >= 0.3 is 0 Å². The lowest BCUT2D eigenvalue weighted by molar-refractivity contribution is -0.384. The van der Waals surface area contributed by atoms with Crippen molar-refractivity contribution in [1.29, 1.82) is 0 Å². The topological polar surface area (TPSA) is 101 Å². The van der Waals surface area contributed by atoms with Crippen molar-refractivity contribution in [2.24, 2.45) is 0 Å². The van der Waals surface area contributed by atoms with Crippen LogP contribution in [0.3, 0.4) is 0 Å². The molecule has 0 unspecified atom stereocenters. The van der Waals surface area contributed by atoms with Gasteiger partial charge in [0, 0.05) is 28.4 Å². The van der Waals surface area contributed by atoms with E-state index in [2.05, 4.69) is 10.6 Å². The van der Waals surface area contributed by atoms with Gasteiger partial charge in [0.15, 0.2) is 0 Å². The minimum absolute atomic E-state index is 0.0777. The Balaban J connectivity index is 1.93. The van der Waals surface area contributed by atoms with E-state index in [0.29, 0.717) is 16.3 Å². The van der Waals surface area contributed by atoms with E-state index in [-0.39, 0.29) is 16.9 Å². The lowest BCUT2D eigenvalue weighted by Gasteiger charge is -2.12. The molecule has 3 aromatic carbocycles. The van der Waals surface area contributed by atoms with Crippen molar-refractivity contribution in [2.45, 2.75) is 6.92 Å². The van der Waals surface area contributed by atoms with Gasteiger partial charge in [-0.05, 0) is 48.9 Å². The first kappa shape index (κ1) is 21.7. The van der Waals surface area contributed by atoms with Crippen LogP contribution in [0.5, 0.6) is 0 Å². The molecule has 2 N–H and O–H groups in total. The molecule has 0 heterocycles. The number of non-ortho nitro benzene ring substituents is 1. The molecule has 156 valence electrons. The number of nitrogens with zero attached hydrogens (tertiary/aromatic N) is 1. The fourth-order valence-electron chi connectivity index (χ4n) is 2.71. The predicted octanol–water partition coefficient (Wildman–Crippen LogP) is 4.97. The van der Waals surface area contributed by atoms with Gasteiger partial charge in [0.05, 0.1) is 4.92 Å². The molecule has 0 radical (unpaired) electrons. The summed E-state index contributed by atoms with van der Waals surface area (Å²) in [5.74, 6) is -1.12. The maximum Gasteiger partial charge on any atom is 0.272 e. The van der Waals surface area contributed by atoms with Gasteiger partial charge in [0.1, 0.15) is 5.70 Å². The number of hydrogen-bond acceptors (Lipinski definition) is 4. The van der Waals surface area contributed by atoms with Gasteiger partial charge in [0.25, 0.3) is 17.5 Å².